The van der Waals surface area contributed by atoms with Gasteiger partial charge >= 0.3 is 0 Å². The normalized spacial score (nSPS) is 23.6. The smallest absolute Gasteiger partial charge is 0.292 e. The molecule has 6 heteroatoms. The average Bonchev–Trinajstić information content (AvgIpc) is 2.63. The van der Waals surface area contributed by atoms with Crippen molar-refractivity contribution >= 4 is 11.4 Å². The zero-order valence-corrected chi connectivity index (χ0v) is 9.23. The average molecular weight is 239 g/mol. The molecule has 0 heterocycles. The molecule has 0 radical (unpaired) electrons. The highest BCUT2D eigenvalue weighted by Gasteiger charge is 2.24. The van der Waals surface area contributed by atoms with E-state index in [9.17, 15) is 14.5 Å². The van der Waals surface area contributed by atoms with E-state index in [0.29, 0.717) is 0 Å². The highest BCUT2D eigenvalue weighted by molar-refractivity contribution is 5.62. The fourth-order valence-corrected chi connectivity index (χ4v) is 2.15. The summed E-state index contributed by atoms with van der Waals surface area (Å²) in [5, 5.41) is 13.8. The van der Waals surface area contributed by atoms with Crippen LogP contribution in [0.5, 0.6) is 0 Å². The maximum Gasteiger partial charge on any atom is 0.292 e. The van der Waals surface area contributed by atoms with E-state index in [1.54, 1.807) is 0 Å². The number of anilines is 1. The molecule has 0 bridgehead atoms. The van der Waals surface area contributed by atoms with Crippen molar-refractivity contribution in [1.82, 2.24) is 0 Å². The Labute approximate surface area is 98.0 Å². The van der Waals surface area contributed by atoms with Crippen LogP contribution in [0.1, 0.15) is 19.3 Å². The fraction of sp³-hybridized carbons (Fsp3) is 0.455. The van der Waals surface area contributed by atoms with Crippen LogP contribution in [0.3, 0.4) is 0 Å². The van der Waals surface area contributed by atoms with Gasteiger partial charge in [-0.15, -0.1) is 0 Å². The lowest BCUT2D eigenvalue weighted by Gasteiger charge is -2.13. The van der Waals surface area contributed by atoms with Crippen LogP contribution in [0.2, 0.25) is 0 Å². The van der Waals surface area contributed by atoms with Crippen molar-refractivity contribution in [2.24, 2.45) is 5.73 Å². The number of rotatable bonds is 3. The number of benzene rings is 1. The highest BCUT2D eigenvalue weighted by Crippen LogP contribution is 2.29. The number of nitro benzene ring substituents is 1. The lowest BCUT2D eigenvalue weighted by molar-refractivity contribution is -0.384. The van der Waals surface area contributed by atoms with Gasteiger partial charge in [0.05, 0.1) is 4.92 Å². The van der Waals surface area contributed by atoms with Gasteiger partial charge in [-0.3, -0.25) is 10.1 Å². The van der Waals surface area contributed by atoms with Gasteiger partial charge in [0.25, 0.3) is 5.69 Å². The minimum atomic E-state index is -0.517. The van der Waals surface area contributed by atoms with Crippen molar-refractivity contribution in [3.05, 3.63) is 34.1 Å². The Morgan fingerprint density at radius 3 is 2.82 bits per heavy atom. The summed E-state index contributed by atoms with van der Waals surface area (Å²) in [6, 6.07) is 3.63. The lowest BCUT2D eigenvalue weighted by Crippen LogP contribution is -2.21. The van der Waals surface area contributed by atoms with E-state index in [0.717, 1.165) is 31.4 Å². The number of nitrogens with one attached hydrogen (secondary N) is 1. The Bertz CT molecular complexity index is 439. The second-order valence-corrected chi connectivity index (χ2v) is 4.33. The second kappa shape index (κ2) is 4.67. The van der Waals surface area contributed by atoms with Crippen LogP contribution < -0.4 is 11.1 Å². The van der Waals surface area contributed by atoms with E-state index in [4.69, 9.17) is 5.73 Å². The summed E-state index contributed by atoms with van der Waals surface area (Å²) in [5.74, 6) is -0.486. The van der Waals surface area contributed by atoms with Gasteiger partial charge in [-0.25, -0.2) is 4.39 Å². The Balaban J connectivity index is 2.19. The first-order valence-corrected chi connectivity index (χ1v) is 5.52. The van der Waals surface area contributed by atoms with Crippen molar-refractivity contribution in [2.45, 2.75) is 31.3 Å². The first-order valence-electron chi connectivity index (χ1n) is 5.52. The van der Waals surface area contributed by atoms with Crippen LogP contribution in [0.15, 0.2) is 18.2 Å². The minimum absolute atomic E-state index is 0.0884. The summed E-state index contributed by atoms with van der Waals surface area (Å²) in [4.78, 5) is 10.3. The summed E-state index contributed by atoms with van der Waals surface area (Å²) in [6.45, 7) is 0. The molecule has 92 valence electrons. The summed E-state index contributed by atoms with van der Waals surface area (Å²) < 4.78 is 13.1. The van der Waals surface area contributed by atoms with Gasteiger partial charge < -0.3 is 11.1 Å². The van der Waals surface area contributed by atoms with Crippen LogP contribution in [0, 0.1) is 15.9 Å². The van der Waals surface area contributed by atoms with Crippen molar-refractivity contribution in [1.29, 1.82) is 0 Å². The summed E-state index contributed by atoms with van der Waals surface area (Å²) in [6.07, 6.45) is 2.50. The first kappa shape index (κ1) is 11.8. The maximum absolute atomic E-state index is 13.1. The molecule has 1 fully saturated rings. The standard InChI is InChI=1S/C11H14FN3O2/c12-7-1-4-11(15(16)17)10(5-7)14-9-3-2-8(13)6-9/h1,4-5,8-9,14H,2-3,6,13H2. The summed E-state index contributed by atoms with van der Waals surface area (Å²) in [7, 11) is 0. The highest BCUT2D eigenvalue weighted by atomic mass is 19.1. The maximum atomic E-state index is 13.1. The number of nitrogens with zero attached hydrogens (tertiary/aromatic N) is 1. The van der Waals surface area contributed by atoms with Gasteiger partial charge in [0.1, 0.15) is 11.5 Å². The van der Waals surface area contributed by atoms with Gasteiger partial charge in [0.15, 0.2) is 0 Å². The molecule has 2 unspecified atom stereocenters. The van der Waals surface area contributed by atoms with E-state index >= 15 is 0 Å². The monoisotopic (exact) mass is 239 g/mol. The number of halogens is 1. The van der Waals surface area contributed by atoms with Crippen LogP contribution in [0.4, 0.5) is 15.8 Å². The predicted octanol–water partition coefficient (Wildman–Crippen LogP) is 2.03. The third-order valence-electron chi connectivity index (χ3n) is 2.99. The predicted molar refractivity (Wildman–Crippen MR) is 62.3 cm³/mol. The summed E-state index contributed by atoms with van der Waals surface area (Å²) >= 11 is 0. The molecule has 0 spiro atoms. The van der Waals surface area contributed by atoms with Crippen LogP contribution in [0.25, 0.3) is 0 Å². The fourth-order valence-electron chi connectivity index (χ4n) is 2.15. The number of nitrogens with two attached hydrogens (primary N) is 1. The van der Waals surface area contributed by atoms with Gasteiger partial charge in [-0.05, 0) is 25.3 Å². The Kier molecular flexibility index (Phi) is 3.23. The molecule has 2 rings (SSSR count). The first-order chi connectivity index (χ1) is 8.06. The molecule has 1 saturated carbocycles. The zero-order chi connectivity index (χ0) is 12.4. The quantitative estimate of drug-likeness (QED) is 0.624. The molecular weight excluding hydrogens is 225 g/mol. The molecule has 5 nitrogen and oxygen atoms in total. The molecule has 0 saturated heterocycles. The van der Waals surface area contributed by atoms with E-state index in [1.165, 1.54) is 6.07 Å². The summed E-state index contributed by atoms with van der Waals surface area (Å²) in [5.41, 5.74) is 5.88. The molecule has 1 aromatic carbocycles. The van der Waals surface area contributed by atoms with E-state index in [2.05, 4.69) is 5.32 Å². The van der Waals surface area contributed by atoms with Gasteiger partial charge in [-0.1, -0.05) is 0 Å². The topological polar surface area (TPSA) is 81.2 Å². The SMILES string of the molecule is NC1CCC(Nc2cc(F)ccc2[N+](=O)[O-])C1. The van der Waals surface area contributed by atoms with E-state index < -0.39 is 10.7 Å². The molecule has 2 atom stereocenters. The number of hydrogen-bond acceptors (Lipinski definition) is 4. The van der Waals surface area contributed by atoms with Crippen molar-refractivity contribution < 1.29 is 9.31 Å². The number of hydrogen-bond donors (Lipinski definition) is 2. The molecular formula is C11H14FN3O2. The van der Waals surface area contributed by atoms with Crippen molar-refractivity contribution in [2.75, 3.05) is 5.32 Å². The molecule has 1 aliphatic carbocycles. The molecule has 17 heavy (non-hydrogen) atoms. The van der Waals surface area contributed by atoms with Crippen molar-refractivity contribution in [3.63, 3.8) is 0 Å². The van der Waals surface area contributed by atoms with Crippen LogP contribution in [-0.2, 0) is 0 Å². The van der Waals surface area contributed by atoms with Gasteiger partial charge in [-0.2, -0.15) is 0 Å². The van der Waals surface area contributed by atoms with E-state index in [-0.39, 0.29) is 23.5 Å². The number of nitro groups is 1. The van der Waals surface area contributed by atoms with Gasteiger partial charge in [0, 0.05) is 24.2 Å². The Morgan fingerprint density at radius 2 is 2.24 bits per heavy atom. The Hall–Kier alpha value is -1.69. The Morgan fingerprint density at radius 1 is 1.47 bits per heavy atom. The third kappa shape index (κ3) is 2.71. The zero-order valence-electron chi connectivity index (χ0n) is 9.23. The van der Waals surface area contributed by atoms with E-state index in [1.807, 2.05) is 0 Å². The largest absolute Gasteiger partial charge is 0.377 e. The lowest BCUT2D eigenvalue weighted by atomic mass is 10.2. The molecule has 3 N–H and O–H groups in total. The van der Waals surface area contributed by atoms with Gasteiger partial charge in [0.2, 0.25) is 0 Å². The molecule has 0 amide bonds. The molecule has 1 aliphatic rings. The second-order valence-electron chi connectivity index (χ2n) is 4.33. The third-order valence-corrected chi connectivity index (χ3v) is 2.99. The van der Waals surface area contributed by atoms with Crippen LogP contribution >= 0.6 is 0 Å². The van der Waals surface area contributed by atoms with Crippen molar-refractivity contribution in [3.8, 4) is 0 Å². The molecule has 0 aliphatic heterocycles. The molecule has 1 aromatic rings. The van der Waals surface area contributed by atoms with Crippen LogP contribution in [-0.4, -0.2) is 17.0 Å². The minimum Gasteiger partial charge on any atom is -0.377 e. The molecule has 0 aromatic heterocycles.